The summed E-state index contributed by atoms with van der Waals surface area (Å²) in [6.07, 6.45) is 0. The third kappa shape index (κ3) is 3.99. The first kappa shape index (κ1) is 18.3. The number of halogens is 1. The minimum atomic E-state index is -0.183. The molecule has 1 aromatic heterocycles. The van der Waals surface area contributed by atoms with Crippen molar-refractivity contribution in [3.05, 3.63) is 58.9 Å². The fourth-order valence-electron chi connectivity index (χ4n) is 2.99. The summed E-state index contributed by atoms with van der Waals surface area (Å²) in [5.41, 5.74) is 2.91. The van der Waals surface area contributed by atoms with E-state index in [4.69, 9.17) is 21.3 Å². The fourth-order valence-corrected chi connectivity index (χ4v) is 3.11. The smallest absolute Gasteiger partial charge is 0.217 e. The van der Waals surface area contributed by atoms with Gasteiger partial charge in [-0.25, -0.2) is 4.98 Å². The summed E-state index contributed by atoms with van der Waals surface area (Å²) in [6.45, 7) is 6.51. The first-order valence-electron chi connectivity index (χ1n) is 8.57. The van der Waals surface area contributed by atoms with Crippen LogP contribution in [0.2, 0.25) is 5.02 Å². The monoisotopic (exact) mass is 371 g/mol. The molecule has 0 bridgehead atoms. The number of amides is 1. The standard InChI is InChI=1S/C20H22ClN3O2/c1-13-12-16(8-9-17(13)21)26-11-10-24-19-7-5-4-6-18(19)23-20(24)14(2)22-15(3)25/h4-9,12,14H,10-11H2,1-3H3,(H,22,25). The molecule has 0 fully saturated rings. The largest absolute Gasteiger partial charge is 0.492 e. The second-order valence-electron chi connectivity index (χ2n) is 6.29. The Labute approximate surface area is 157 Å². The Balaban J connectivity index is 1.81. The van der Waals surface area contributed by atoms with Gasteiger partial charge in [0.25, 0.3) is 0 Å². The van der Waals surface area contributed by atoms with E-state index in [-0.39, 0.29) is 11.9 Å². The van der Waals surface area contributed by atoms with Gasteiger partial charge in [0, 0.05) is 11.9 Å². The van der Waals surface area contributed by atoms with Gasteiger partial charge in [0.15, 0.2) is 0 Å². The number of ether oxygens (including phenoxy) is 1. The van der Waals surface area contributed by atoms with Crippen LogP contribution in [0.1, 0.15) is 31.3 Å². The molecule has 1 unspecified atom stereocenters. The quantitative estimate of drug-likeness (QED) is 0.703. The average molecular weight is 372 g/mol. The van der Waals surface area contributed by atoms with Crippen LogP contribution >= 0.6 is 11.6 Å². The maximum Gasteiger partial charge on any atom is 0.217 e. The van der Waals surface area contributed by atoms with E-state index in [1.807, 2.05) is 56.3 Å². The van der Waals surface area contributed by atoms with Crippen LogP contribution in [-0.2, 0) is 11.3 Å². The van der Waals surface area contributed by atoms with Gasteiger partial charge < -0.3 is 14.6 Å². The highest BCUT2D eigenvalue weighted by molar-refractivity contribution is 6.31. The Morgan fingerprint density at radius 3 is 2.81 bits per heavy atom. The topological polar surface area (TPSA) is 56.2 Å². The number of carbonyl (C=O) groups is 1. The van der Waals surface area contributed by atoms with Crippen molar-refractivity contribution in [1.29, 1.82) is 0 Å². The van der Waals surface area contributed by atoms with E-state index < -0.39 is 0 Å². The molecule has 2 aromatic carbocycles. The molecule has 0 saturated carbocycles. The summed E-state index contributed by atoms with van der Waals surface area (Å²) in [6, 6.07) is 13.4. The van der Waals surface area contributed by atoms with Crippen molar-refractivity contribution in [3.63, 3.8) is 0 Å². The highest BCUT2D eigenvalue weighted by Gasteiger charge is 2.17. The molecule has 5 nitrogen and oxygen atoms in total. The fraction of sp³-hybridized carbons (Fsp3) is 0.300. The lowest BCUT2D eigenvalue weighted by atomic mass is 10.2. The number of hydrogen-bond donors (Lipinski definition) is 1. The van der Waals surface area contributed by atoms with E-state index >= 15 is 0 Å². The maximum atomic E-state index is 11.4. The molecule has 3 aromatic rings. The molecule has 6 heteroatoms. The number of benzene rings is 2. The van der Waals surface area contributed by atoms with Crippen LogP contribution in [0.15, 0.2) is 42.5 Å². The first-order chi connectivity index (χ1) is 12.5. The van der Waals surface area contributed by atoms with Crippen LogP contribution in [0.25, 0.3) is 11.0 Å². The van der Waals surface area contributed by atoms with Crippen molar-refractivity contribution in [1.82, 2.24) is 14.9 Å². The third-order valence-corrected chi connectivity index (χ3v) is 4.63. The Bertz CT molecular complexity index is 936. The van der Waals surface area contributed by atoms with Gasteiger partial charge in [-0.1, -0.05) is 23.7 Å². The first-order valence-corrected chi connectivity index (χ1v) is 8.94. The normalized spacial score (nSPS) is 12.2. The van der Waals surface area contributed by atoms with E-state index in [0.29, 0.717) is 13.2 Å². The van der Waals surface area contributed by atoms with Gasteiger partial charge in [0.2, 0.25) is 5.91 Å². The number of aryl methyl sites for hydroxylation is 1. The zero-order valence-electron chi connectivity index (χ0n) is 15.1. The summed E-state index contributed by atoms with van der Waals surface area (Å²) >= 11 is 6.06. The summed E-state index contributed by atoms with van der Waals surface area (Å²) in [5, 5.41) is 3.63. The summed E-state index contributed by atoms with van der Waals surface area (Å²) in [4.78, 5) is 16.1. The predicted molar refractivity (Wildman–Crippen MR) is 104 cm³/mol. The predicted octanol–water partition coefficient (Wildman–Crippen LogP) is 4.27. The molecule has 1 heterocycles. The average Bonchev–Trinajstić information content (AvgIpc) is 2.96. The van der Waals surface area contributed by atoms with E-state index in [2.05, 4.69) is 9.88 Å². The van der Waals surface area contributed by atoms with Gasteiger partial charge in [0.05, 0.1) is 23.6 Å². The van der Waals surface area contributed by atoms with Crippen LogP contribution in [0, 0.1) is 6.92 Å². The minimum Gasteiger partial charge on any atom is -0.492 e. The maximum absolute atomic E-state index is 11.4. The summed E-state index contributed by atoms with van der Waals surface area (Å²) < 4.78 is 7.98. The third-order valence-electron chi connectivity index (χ3n) is 4.20. The van der Waals surface area contributed by atoms with Crippen molar-refractivity contribution in [2.24, 2.45) is 0 Å². The van der Waals surface area contributed by atoms with Gasteiger partial charge in [-0.15, -0.1) is 0 Å². The van der Waals surface area contributed by atoms with Gasteiger partial charge in [-0.2, -0.15) is 0 Å². The SMILES string of the molecule is CC(=O)NC(C)c1nc2ccccc2n1CCOc1ccc(Cl)c(C)c1. The van der Waals surface area contributed by atoms with Crippen LogP contribution < -0.4 is 10.1 Å². The van der Waals surface area contributed by atoms with E-state index in [0.717, 1.165) is 33.2 Å². The zero-order chi connectivity index (χ0) is 18.7. The Hall–Kier alpha value is -2.53. The minimum absolute atomic E-state index is 0.0796. The molecule has 0 radical (unpaired) electrons. The van der Waals surface area contributed by atoms with Crippen molar-refractivity contribution >= 4 is 28.5 Å². The van der Waals surface area contributed by atoms with E-state index in [1.165, 1.54) is 6.92 Å². The van der Waals surface area contributed by atoms with Gasteiger partial charge in [0.1, 0.15) is 18.2 Å². The van der Waals surface area contributed by atoms with Gasteiger partial charge in [-0.3, -0.25) is 4.79 Å². The Kier molecular flexibility index (Phi) is 5.47. The lowest BCUT2D eigenvalue weighted by molar-refractivity contribution is -0.119. The van der Waals surface area contributed by atoms with Crippen LogP contribution in [0.5, 0.6) is 5.75 Å². The molecule has 1 atom stereocenters. The van der Waals surface area contributed by atoms with E-state index in [1.54, 1.807) is 0 Å². The molecular weight excluding hydrogens is 350 g/mol. The number of fused-ring (bicyclic) bond motifs is 1. The summed E-state index contributed by atoms with van der Waals surface area (Å²) in [5.74, 6) is 1.52. The number of carbonyl (C=O) groups excluding carboxylic acids is 1. The van der Waals surface area contributed by atoms with Gasteiger partial charge in [-0.05, 0) is 49.7 Å². The van der Waals surface area contributed by atoms with Gasteiger partial charge >= 0.3 is 0 Å². The molecule has 1 amide bonds. The molecule has 0 spiro atoms. The van der Waals surface area contributed by atoms with Crippen molar-refractivity contribution < 1.29 is 9.53 Å². The molecule has 0 saturated heterocycles. The highest BCUT2D eigenvalue weighted by atomic mass is 35.5. The van der Waals surface area contributed by atoms with Crippen LogP contribution in [-0.4, -0.2) is 22.1 Å². The lowest BCUT2D eigenvalue weighted by Gasteiger charge is -2.16. The molecule has 0 aliphatic carbocycles. The molecule has 0 aliphatic heterocycles. The second kappa shape index (κ2) is 7.79. The molecule has 0 aliphatic rings. The van der Waals surface area contributed by atoms with Crippen molar-refractivity contribution in [2.75, 3.05) is 6.61 Å². The highest BCUT2D eigenvalue weighted by Crippen LogP contribution is 2.23. The van der Waals surface area contributed by atoms with E-state index in [9.17, 15) is 4.79 Å². The number of nitrogens with one attached hydrogen (secondary N) is 1. The molecule has 26 heavy (non-hydrogen) atoms. The zero-order valence-corrected chi connectivity index (χ0v) is 15.9. The van der Waals surface area contributed by atoms with Crippen molar-refractivity contribution in [3.8, 4) is 5.75 Å². The number of rotatable bonds is 6. The summed E-state index contributed by atoms with van der Waals surface area (Å²) in [7, 11) is 0. The van der Waals surface area contributed by atoms with Crippen LogP contribution in [0.4, 0.5) is 0 Å². The number of para-hydroxylation sites is 2. The molecular formula is C20H22ClN3O2. The Morgan fingerprint density at radius 1 is 1.31 bits per heavy atom. The van der Waals surface area contributed by atoms with Crippen LogP contribution in [0.3, 0.4) is 0 Å². The molecule has 1 N–H and O–H groups in total. The molecule has 136 valence electrons. The lowest BCUT2D eigenvalue weighted by Crippen LogP contribution is -2.27. The number of hydrogen-bond acceptors (Lipinski definition) is 3. The number of nitrogens with zero attached hydrogens (tertiary/aromatic N) is 2. The Morgan fingerprint density at radius 2 is 2.08 bits per heavy atom. The molecule has 3 rings (SSSR count). The second-order valence-corrected chi connectivity index (χ2v) is 6.70. The van der Waals surface area contributed by atoms with Crippen molar-refractivity contribution in [2.45, 2.75) is 33.4 Å². The number of aromatic nitrogens is 2. The number of imidazole rings is 1.